The Balaban J connectivity index is 1.79. The number of rotatable bonds is 8. The van der Waals surface area contributed by atoms with Crippen molar-refractivity contribution in [2.75, 3.05) is 33.2 Å². The minimum absolute atomic E-state index is 0.000471. The molecule has 0 radical (unpaired) electrons. The fourth-order valence-electron chi connectivity index (χ4n) is 5.38. The number of hydrogen-bond donors (Lipinski definition) is 3. The molecular formula is C28H35N3O6. The van der Waals surface area contributed by atoms with E-state index in [1.807, 2.05) is 12.1 Å². The molecule has 1 fully saturated rings. The van der Waals surface area contributed by atoms with Crippen molar-refractivity contribution in [1.29, 1.82) is 0 Å². The lowest BCUT2D eigenvalue weighted by molar-refractivity contribution is -0.120. The largest absolute Gasteiger partial charge is 0.493 e. The second-order valence-electron chi connectivity index (χ2n) is 9.50. The number of amides is 2. The number of benzene rings is 1. The van der Waals surface area contributed by atoms with E-state index in [0.717, 1.165) is 42.4 Å². The lowest BCUT2D eigenvalue weighted by Gasteiger charge is -2.19. The van der Waals surface area contributed by atoms with Crippen LogP contribution < -0.4 is 35.6 Å². The summed E-state index contributed by atoms with van der Waals surface area (Å²) in [5.74, 6) is 1.15. The summed E-state index contributed by atoms with van der Waals surface area (Å²) in [6.45, 7) is 1.46. The number of ether oxygens (including phenoxy) is 3. The number of anilines is 1. The first-order valence-electron chi connectivity index (χ1n) is 12.7. The molecule has 0 heterocycles. The molecule has 9 nitrogen and oxygen atoms in total. The molecular weight excluding hydrogens is 474 g/mol. The summed E-state index contributed by atoms with van der Waals surface area (Å²) in [6, 6.07) is 6.78. The summed E-state index contributed by atoms with van der Waals surface area (Å²) >= 11 is 0. The summed E-state index contributed by atoms with van der Waals surface area (Å²) in [6.07, 6.45) is 5.43. The molecule has 0 aliphatic heterocycles. The highest BCUT2D eigenvalue weighted by molar-refractivity contribution is 5.84. The van der Waals surface area contributed by atoms with Crippen molar-refractivity contribution >= 4 is 17.5 Å². The highest BCUT2D eigenvalue weighted by atomic mass is 16.5. The van der Waals surface area contributed by atoms with E-state index in [-0.39, 0.29) is 35.9 Å². The summed E-state index contributed by atoms with van der Waals surface area (Å²) in [4.78, 5) is 37.8. The van der Waals surface area contributed by atoms with Crippen molar-refractivity contribution in [2.45, 2.75) is 57.5 Å². The second-order valence-corrected chi connectivity index (χ2v) is 9.50. The van der Waals surface area contributed by atoms with E-state index < -0.39 is 0 Å². The van der Waals surface area contributed by atoms with Crippen molar-refractivity contribution < 1.29 is 23.8 Å². The van der Waals surface area contributed by atoms with Gasteiger partial charge < -0.3 is 30.2 Å². The molecule has 0 aromatic heterocycles. The maximum atomic E-state index is 13.3. The number of carbonyl (C=O) groups is 2. The number of nitrogens with one attached hydrogen (secondary N) is 3. The van der Waals surface area contributed by atoms with Gasteiger partial charge >= 0.3 is 0 Å². The van der Waals surface area contributed by atoms with E-state index in [2.05, 4.69) is 16.0 Å². The van der Waals surface area contributed by atoms with Crippen LogP contribution in [0.15, 0.2) is 29.1 Å². The summed E-state index contributed by atoms with van der Waals surface area (Å²) < 4.78 is 17.0. The Morgan fingerprint density at radius 2 is 1.68 bits per heavy atom. The van der Waals surface area contributed by atoms with Gasteiger partial charge in [-0.15, -0.1) is 0 Å². The molecule has 2 aromatic rings. The Labute approximate surface area is 216 Å². The fraction of sp³-hybridized carbons (Fsp3) is 0.464. The lowest BCUT2D eigenvalue weighted by atomic mass is 9.95. The highest BCUT2D eigenvalue weighted by Gasteiger charge is 2.29. The molecule has 3 N–H and O–H groups in total. The predicted molar refractivity (Wildman–Crippen MR) is 142 cm³/mol. The van der Waals surface area contributed by atoms with Crippen molar-refractivity contribution in [1.82, 2.24) is 10.6 Å². The van der Waals surface area contributed by atoms with Gasteiger partial charge in [-0.05, 0) is 60.6 Å². The number of hydrogen-bond acceptors (Lipinski definition) is 7. The number of carbonyl (C=O) groups excluding carboxylic acids is 2. The molecule has 1 atom stereocenters. The minimum Gasteiger partial charge on any atom is -0.493 e. The molecule has 2 amide bonds. The van der Waals surface area contributed by atoms with E-state index in [1.54, 1.807) is 33.5 Å². The van der Waals surface area contributed by atoms with Crippen LogP contribution in [0.4, 0.5) is 5.69 Å². The van der Waals surface area contributed by atoms with Crippen LogP contribution in [0.25, 0.3) is 11.1 Å². The molecule has 1 unspecified atom stereocenters. The Kier molecular flexibility index (Phi) is 8.21. The van der Waals surface area contributed by atoms with Crippen molar-refractivity contribution in [3.05, 3.63) is 45.6 Å². The van der Waals surface area contributed by atoms with Crippen LogP contribution >= 0.6 is 0 Å². The molecule has 37 heavy (non-hydrogen) atoms. The van der Waals surface area contributed by atoms with Crippen LogP contribution in [0.3, 0.4) is 0 Å². The molecule has 2 aliphatic carbocycles. The Morgan fingerprint density at radius 1 is 0.946 bits per heavy atom. The Bertz CT molecular complexity index is 1240. The van der Waals surface area contributed by atoms with Crippen LogP contribution in [0, 0.1) is 0 Å². The topological polar surface area (TPSA) is 115 Å². The average molecular weight is 510 g/mol. The van der Waals surface area contributed by atoms with Crippen molar-refractivity contribution in [3.8, 4) is 28.4 Å². The van der Waals surface area contributed by atoms with Crippen LogP contribution in [0.1, 0.15) is 56.2 Å². The predicted octanol–water partition coefficient (Wildman–Crippen LogP) is 3.33. The van der Waals surface area contributed by atoms with Crippen molar-refractivity contribution in [2.24, 2.45) is 0 Å². The lowest BCUT2D eigenvalue weighted by Crippen LogP contribution is -2.37. The smallest absolute Gasteiger partial charge is 0.239 e. The number of fused-ring (bicyclic) bond motifs is 3. The van der Waals surface area contributed by atoms with E-state index in [1.165, 1.54) is 6.92 Å². The monoisotopic (exact) mass is 509 g/mol. The highest BCUT2D eigenvalue weighted by Crippen LogP contribution is 2.50. The van der Waals surface area contributed by atoms with Crippen molar-refractivity contribution in [3.63, 3.8) is 0 Å². The zero-order valence-electron chi connectivity index (χ0n) is 21.9. The van der Waals surface area contributed by atoms with Crippen LogP contribution in [0.2, 0.25) is 0 Å². The number of methoxy groups -OCH3 is 3. The van der Waals surface area contributed by atoms with Gasteiger partial charge in [0.05, 0.1) is 39.6 Å². The third-order valence-electron chi connectivity index (χ3n) is 7.08. The molecule has 0 spiro atoms. The van der Waals surface area contributed by atoms with Gasteiger partial charge in [0, 0.05) is 18.5 Å². The van der Waals surface area contributed by atoms with Crippen LogP contribution in [-0.4, -0.2) is 45.7 Å². The first-order valence-corrected chi connectivity index (χ1v) is 12.7. The van der Waals surface area contributed by atoms with E-state index in [9.17, 15) is 14.4 Å². The molecule has 0 bridgehead atoms. The zero-order chi connectivity index (χ0) is 26.5. The fourth-order valence-corrected chi connectivity index (χ4v) is 5.38. The van der Waals surface area contributed by atoms with E-state index >= 15 is 0 Å². The Hall–Kier alpha value is -3.75. The minimum atomic E-state index is -0.389. The van der Waals surface area contributed by atoms with Gasteiger partial charge in [-0.2, -0.15) is 0 Å². The summed E-state index contributed by atoms with van der Waals surface area (Å²) in [5.41, 5.74) is 3.18. The molecule has 2 aromatic carbocycles. The van der Waals surface area contributed by atoms with Crippen LogP contribution in [-0.2, 0) is 16.0 Å². The number of aryl methyl sites for hydroxylation is 1. The van der Waals surface area contributed by atoms with Gasteiger partial charge in [0.15, 0.2) is 11.5 Å². The third-order valence-corrected chi connectivity index (χ3v) is 7.08. The van der Waals surface area contributed by atoms with Gasteiger partial charge in [0.1, 0.15) is 0 Å². The zero-order valence-corrected chi connectivity index (χ0v) is 21.9. The maximum Gasteiger partial charge on any atom is 0.239 e. The quantitative estimate of drug-likeness (QED) is 0.500. The molecule has 198 valence electrons. The maximum absolute atomic E-state index is 13.3. The molecule has 4 rings (SSSR count). The van der Waals surface area contributed by atoms with Crippen LogP contribution in [0.5, 0.6) is 17.2 Å². The third kappa shape index (κ3) is 5.65. The average Bonchev–Trinajstić information content (AvgIpc) is 3.27. The Morgan fingerprint density at radius 3 is 2.32 bits per heavy atom. The second kappa shape index (κ2) is 11.5. The SMILES string of the molecule is COc1cc2c(c(OC)c1OC)-c1ccc(NCC(=O)NC3CCCC3)c(=O)cc1C(NC(C)=O)CC2. The molecule has 2 aliphatic rings. The summed E-state index contributed by atoms with van der Waals surface area (Å²) in [7, 11) is 4.67. The normalized spacial score (nSPS) is 16.6. The van der Waals surface area contributed by atoms with Gasteiger partial charge in [0.25, 0.3) is 0 Å². The first-order chi connectivity index (χ1) is 17.9. The summed E-state index contributed by atoms with van der Waals surface area (Å²) in [5, 5.41) is 9.03. The standard InChI is InChI=1S/C28H35N3O6/c1-16(32)30-21-11-9-17-13-24(35-2)27(36-3)28(37-4)26(17)19-10-12-22(23(33)14-20(19)21)29-15-25(34)31-18-7-5-6-8-18/h10,12-14,18,21H,5-9,11,15H2,1-4H3,(H,29,33)(H,30,32)(H,31,34). The van der Waals surface area contributed by atoms with E-state index in [4.69, 9.17) is 14.2 Å². The van der Waals surface area contributed by atoms with Gasteiger partial charge in [-0.3, -0.25) is 14.4 Å². The molecule has 1 saturated carbocycles. The molecule has 9 heteroatoms. The van der Waals surface area contributed by atoms with Gasteiger partial charge in [0.2, 0.25) is 23.0 Å². The van der Waals surface area contributed by atoms with Gasteiger partial charge in [-0.25, -0.2) is 0 Å². The molecule has 0 saturated heterocycles. The first kappa shape index (κ1) is 26.3. The van der Waals surface area contributed by atoms with E-state index in [0.29, 0.717) is 41.3 Å². The van der Waals surface area contributed by atoms with Gasteiger partial charge in [-0.1, -0.05) is 18.9 Å².